The Morgan fingerprint density at radius 2 is 1.79 bits per heavy atom. The van der Waals surface area contributed by atoms with Crippen molar-refractivity contribution in [3.05, 3.63) is 59.7 Å². The first-order valence-corrected chi connectivity index (χ1v) is 5.73. The molecule has 0 saturated heterocycles. The van der Waals surface area contributed by atoms with Crippen molar-refractivity contribution >= 4 is 0 Å². The topological polar surface area (TPSA) is 40.5 Å². The summed E-state index contributed by atoms with van der Waals surface area (Å²) in [5.41, 5.74) is -2.32. The minimum Gasteiger partial charge on any atom is -0.393 e. The van der Waals surface area contributed by atoms with Gasteiger partial charge in [0.2, 0.25) is 0 Å². The maximum atomic E-state index is 13.1. The molecule has 0 heterocycles. The van der Waals surface area contributed by atoms with E-state index in [1.807, 2.05) is 0 Å². The minimum absolute atomic E-state index is 0.488. The van der Waals surface area contributed by atoms with Crippen LogP contribution in [0.5, 0.6) is 0 Å². The van der Waals surface area contributed by atoms with Crippen LogP contribution in [0.2, 0.25) is 0 Å². The Bertz CT molecular complexity index is 505. The van der Waals surface area contributed by atoms with Crippen LogP contribution < -0.4 is 0 Å². The van der Waals surface area contributed by atoms with E-state index in [1.165, 1.54) is 12.2 Å². The molecule has 0 bridgehead atoms. The zero-order chi connectivity index (χ0) is 14.1. The van der Waals surface area contributed by atoms with Gasteiger partial charge in [0.15, 0.2) is 0 Å². The number of aliphatic hydroxyl groups excluding tert-OH is 1. The SMILES string of the molecule is OCC1(O)C=CC(c2ccccc2)C(C(F)(F)F)=C1. The van der Waals surface area contributed by atoms with Gasteiger partial charge in [-0.1, -0.05) is 36.4 Å². The van der Waals surface area contributed by atoms with Crippen LogP contribution in [0.25, 0.3) is 0 Å². The number of aliphatic hydroxyl groups is 2. The molecule has 0 aromatic heterocycles. The number of hydrogen-bond donors (Lipinski definition) is 2. The van der Waals surface area contributed by atoms with Gasteiger partial charge in [-0.15, -0.1) is 0 Å². The first kappa shape index (κ1) is 13.8. The van der Waals surface area contributed by atoms with Crippen molar-refractivity contribution in [2.45, 2.75) is 17.7 Å². The zero-order valence-corrected chi connectivity index (χ0v) is 9.93. The van der Waals surface area contributed by atoms with Crippen LogP contribution in [0.3, 0.4) is 0 Å². The van der Waals surface area contributed by atoms with Crippen LogP contribution >= 0.6 is 0 Å². The molecule has 0 spiro atoms. The second-order valence-electron chi connectivity index (χ2n) is 4.49. The second-order valence-corrected chi connectivity index (χ2v) is 4.49. The highest BCUT2D eigenvalue weighted by atomic mass is 19.4. The van der Waals surface area contributed by atoms with Crippen LogP contribution in [-0.2, 0) is 0 Å². The van der Waals surface area contributed by atoms with Crippen molar-refractivity contribution in [3.8, 4) is 0 Å². The lowest BCUT2D eigenvalue weighted by Gasteiger charge is -2.29. The van der Waals surface area contributed by atoms with Gasteiger partial charge in [0.25, 0.3) is 0 Å². The molecule has 2 rings (SSSR count). The Kier molecular flexibility index (Phi) is 3.52. The van der Waals surface area contributed by atoms with Gasteiger partial charge < -0.3 is 10.2 Å². The largest absolute Gasteiger partial charge is 0.413 e. The molecule has 2 atom stereocenters. The fourth-order valence-corrected chi connectivity index (χ4v) is 2.08. The summed E-state index contributed by atoms with van der Waals surface area (Å²) in [6, 6.07) is 8.22. The Morgan fingerprint density at radius 3 is 2.32 bits per heavy atom. The molecule has 1 aromatic rings. The first-order chi connectivity index (χ1) is 8.86. The van der Waals surface area contributed by atoms with E-state index in [9.17, 15) is 18.3 Å². The van der Waals surface area contributed by atoms with Crippen molar-refractivity contribution in [1.29, 1.82) is 0 Å². The highest BCUT2D eigenvalue weighted by molar-refractivity contribution is 5.42. The molecule has 19 heavy (non-hydrogen) atoms. The number of allylic oxidation sites excluding steroid dienone is 2. The molecule has 5 heteroatoms. The molecule has 0 radical (unpaired) electrons. The third kappa shape index (κ3) is 2.88. The summed E-state index contributed by atoms with van der Waals surface area (Å²) in [5.74, 6) is -0.965. The van der Waals surface area contributed by atoms with Gasteiger partial charge in [-0.3, -0.25) is 0 Å². The molecule has 1 aliphatic rings. The van der Waals surface area contributed by atoms with E-state index in [0.717, 1.165) is 0 Å². The lowest BCUT2D eigenvalue weighted by atomic mass is 9.82. The first-order valence-electron chi connectivity index (χ1n) is 5.73. The molecule has 2 unspecified atom stereocenters. The van der Waals surface area contributed by atoms with Gasteiger partial charge in [0.1, 0.15) is 5.60 Å². The predicted octanol–water partition coefficient (Wildman–Crippen LogP) is 2.55. The average Bonchev–Trinajstić information content (AvgIpc) is 2.39. The van der Waals surface area contributed by atoms with Crippen LogP contribution in [0.1, 0.15) is 11.5 Å². The summed E-state index contributed by atoms with van der Waals surface area (Å²) in [6.07, 6.45) is -1.41. The summed E-state index contributed by atoms with van der Waals surface area (Å²) in [7, 11) is 0. The highest BCUT2D eigenvalue weighted by Crippen LogP contribution is 2.41. The van der Waals surface area contributed by atoms with Gasteiger partial charge in [-0.05, 0) is 17.7 Å². The predicted molar refractivity (Wildman–Crippen MR) is 64.5 cm³/mol. The van der Waals surface area contributed by atoms with Crippen molar-refractivity contribution in [2.75, 3.05) is 6.61 Å². The molecular formula is C14H13F3O2. The minimum atomic E-state index is -4.56. The molecule has 1 aliphatic carbocycles. The van der Waals surface area contributed by atoms with Crippen LogP contribution in [0, 0.1) is 0 Å². The van der Waals surface area contributed by atoms with Crippen LogP contribution in [0.4, 0.5) is 13.2 Å². The molecule has 0 aliphatic heterocycles. The molecular weight excluding hydrogens is 257 g/mol. The summed E-state index contributed by atoms with van der Waals surface area (Å²) in [4.78, 5) is 0. The number of halogens is 3. The number of benzene rings is 1. The fourth-order valence-electron chi connectivity index (χ4n) is 2.08. The Balaban J connectivity index is 2.46. The van der Waals surface area contributed by atoms with E-state index >= 15 is 0 Å². The number of alkyl halides is 3. The van der Waals surface area contributed by atoms with Crippen molar-refractivity contribution < 1.29 is 23.4 Å². The smallest absolute Gasteiger partial charge is 0.393 e. The van der Waals surface area contributed by atoms with Crippen LogP contribution in [0.15, 0.2) is 54.1 Å². The standard InChI is InChI=1S/C14H13F3O2/c15-14(16,17)12-8-13(19,9-18)7-6-11(12)10-4-2-1-3-5-10/h1-8,11,18-19H,9H2. The fraction of sp³-hybridized carbons (Fsp3) is 0.286. The summed E-state index contributed by atoms with van der Waals surface area (Å²) < 4.78 is 39.2. The average molecular weight is 270 g/mol. The Morgan fingerprint density at radius 1 is 1.16 bits per heavy atom. The van der Waals surface area contributed by atoms with Gasteiger partial charge in [0, 0.05) is 11.5 Å². The van der Waals surface area contributed by atoms with Crippen molar-refractivity contribution in [2.24, 2.45) is 0 Å². The van der Waals surface area contributed by atoms with E-state index in [4.69, 9.17) is 5.11 Å². The second kappa shape index (κ2) is 4.83. The van der Waals surface area contributed by atoms with Crippen LogP contribution in [-0.4, -0.2) is 28.6 Å². The summed E-state index contributed by atoms with van der Waals surface area (Å²) in [6.45, 7) is -0.787. The normalized spacial score (nSPS) is 27.2. The zero-order valence-electron chi connectivity index (χ0n) is 9.93. The van der Waals surface area contributed by atoms with Crippen molar-refractivity contribution in [1.82, 2.24) is 0 Å². The van der Waals surface area contributed by atoms with E-state index < -0.39 is 29.9 Å². The van der Waals surface area contributed by atoms with E-state index in [-0.39, 0.29) is 0 Å². The third-order valence-corrected chi connectivity index (χ3v) is 3.06. The third-order valence-electron chi connectivity index (χ3n) is 3.06. The molecule has 1 aromatic carbocycles. The van der Waals surface area contributed by atoms with Crippen molar-refractivity contribution in [3.63, 3.8) is 0 Å². The monoisotopic (exact) mass is 270 g/mol. The summed E-state index contributed by atoms with van der Waals surface area (Å²) >= 11 is 0. The number of hydrogen-bond acceptors (Lipinski definition) is 2. The molecule has 0 saturated carbocycles. The number of rotatable bonds is 2. The lowest BCUT2D eigenvalue weighted by Crippen LogP contribution is -2.34. The summed E-state index contributed by atoms with van der Waals surface area (Å²) in [5, 5.41) is 18.7. The molecule has 0 fully saturated rings. The Labute approximate surface area is 108 Å². The molecule has 2 nitrogen and oxygen atoms in total. The molecule has 2 N–H and O–H groups in total. The van der Waals surface area contributed by atoms with E-state index in [1.54, 1.807) is 30.3 Å². The van der Waals surface area contributed by atoms with Gasteiger partial charge >= 0.3 is 6.18 Å². The van der Waals surface area contributed by atoms with Gasteiger partial charge in [0.05, 0.1) is 6.61 Å². The molecule has 0 amide bonds. The van der Waals surface area contributed by atoms with Gasteiger partial charge in [-0.25, -0.2) is 0 Å². The lowest BCUT2D eigenvalue weighted by molar-refractivity contribution is -0.0971. The maximum absolute atomic E-state index is 13.1. The van der Waals surface area contributed by atoms with Gasteiger partial charge in [-0.2, -0.15) is 13.2 Å². The highest BCUT2D eigenvalue weighted by Gasteiger charge is 2.42. The maximum Gasteiger partial charge on any atom is 0.413 e. The quantitative estimate of drug-likeness (QED) is 0.811. The molecule has 102 valence electrons. The van der Waals surface area contributed by atoms with E-state index in [2.05, 4.69) is 0 Å². The van der Waals surface area contributed by atoms with E-state index in [0.29, 0.717) is 11.6 Å². The Hall–Kier alpha value is -1.59.